The van der Waals surface area contributed by atoms with Crippen LogP contribution in [0.1, 0.15) is 0 Å². The van der Waals surface area contributed by atoms with Crippen LogP contribution in [0.25, 0.3) is 0 Å². The van der Waals surface area contributed by atoms with Crippen LogP contribution in [-0.2, 0) is 9.84 Å². The van der Waals surface area contributed by atoms with Gasteiger partial charge in [-0.3, -0.25) is 0 Å². The second kappa shape index (κ2) is 2.61. The lowest BCUT2D eigenvalue weighted by Gasteiger charge is -1.98. The van der Waals surface area contributed by atoms with Crippen LogP contribution in [0.4, 0.5) is 0 Å². The van der Waals surface area contributed by atoms with Crippen LogP contribution in [-0.4, -0.2) is 34.0 Å². The van der Waals surface area contributed by atoms with Crippen molar-refractivity contribution in [1.82, 2.24) is 0 Å². The average molecular weight is 226 g/mol. The lowest BCUT2D eigenvalue weighted by molar-refractivity contribution is 0.602. The van der Waals surface area contributed by atoms with Gasteiger partial charge in [0.15, 0.2) is 9.84 Å². The normalized spacial score (nSPS) is 40.9. The highest BCUT2D eigenvalue weighted by Crippen LogP contribution is 2.44. The molecule has 2 aliphatic heterocycles. The molecule has 0 aliphatic carbocycles. The largest absolute Gasteiger partial charge is 0.229 e. The van der Waals surface area contributed by atoms with Gasteiger partial charge >= 0.3 is 0 Å². The molecule has 0 aromatic rings. The first-order chi connectivity index (χ1) is 5.07. The molecule has 11 heavy (non-hydrogen) atoms. The minimum Gasteiger partial charge on any atom is -0.229 e. The fourth-order valence-corrected chi connectivity index (χ4v) is 7.94. The molecule has 62 valence electrons. The van der Waals surface area contributed by atoms with Gasteiger partial charge in [0.1, 0.15) is 3.53 Å². The summed E-state index contributed by atoms with van der Waals surface area (Å²) >= 11 is 8.09. The second-order valence-corrected chi connectivity index (χ2v) is 8.48. The molecular weight excluding hydrogens is 220 g/mol. The molecule has 2 aliphatic rings. The SMILES string of the molecule is O=S1(=O)C[C@@H]2SC(=S)S[C@@H]2C1. The third-order valence-corrected chi connectivity index (χ3v) is 7.21. The molecule has 6 heteroatoms. The Labute approximate surface area is 79.4 Å². The van der Waals surface area contributed by atoms with Gasteiger partial charge < -0.3 is 0 Å². The summed E-state index contributed by atoms with van der Waals surface area (Å²) in [7, 11) is -2.73. The fourth-order valence-electron chi connectivity index (χ4n) is 1.28. The first-order valence-electron chi connectivity index (χ1n) is 3.14. The molecule has 2 saturated heterocycles. The van der Waals surface area contributed by atoms with Crippen molar-refractivity contribution in [3.05, 3.63) is 0 Å². The maximum Gasteiger partial charge on any atom is 0.152 e. The summed E-state index contributed by atoms with van der Waals surface area (Å²) in [4.78, 5) is 0. The summed E-state index contributed by atoms with van der Waals surface area (Å²) in [5.41, 5.74) is 0. The Balaban J connectivity index is 2.22. The predicted octanol–water partition coefficient (Wildman–Crippen LogP) is 0.917. The van der Waals surface area contributed by atoms with E-state index in [9.17, 15) is 8.42 Å². The van der Waals surface area contributed by atoms with Crippen LogP contribution in [0.5, 0.6) is 0 Å². The van der Waals surface area contributed by atoms with Crippen LogP contribution in [0.2, 0.25) is 0 Å². The van der Waals surface area contributed by atoms with E-state index in [1.807, 2.05) is 0 Å². The van der Waals surface area contributed by atoms with E-state index in [2.05, 4.69) is 0 Å². The molecule has 2 rings (SSSR count). The molecule has 0 N–H and O–H groups in total. The first kappa shape index (κ1) is 8.34. The van der Waals surface area contributed by atoms with E-state index < -0.39 is 9.84 Å². The molecule has 0 spiro atoms. The molecule has 0 radical (unpaired) electrons. The zero-order valence-corrected chi connectivity index (χ0v) is 8.78. The molecule has 0 aromatic heterocycles. The van der Waals surface area contributed by atoms with Crippen LogP contribution >= 0.6 is 35.7 Å². The molecule has 2 nitrogen and oxygen atoms in total. The third kappa shape index (κ3) is 1.59. The monoisotopic (exact) mass is 226 g/mol. The van der Waals surface area contributed by atoms with E-state index in [1.165, 1.54) is 0 Å². The smallest absolute Gasteiger partial charge is 0.152 e. The lowest BCUT2D eigenvalue weighted by Crippen LogP contribution is -2.10. The zero-order valence-electron chi connectivity index (χ0n) is 5.52. The van der Waals surface area contributed by atoms with Crippen LogP contribution in [0, 0.1) is 0 Å². The number of thioether (sulfide) groups is 2. The van der Waals surface area contributed by atoms with Crippen molar-refractivity contribution in [2.75, 3.05) is 11.5 Å². The Morgan fingerprint density at radius 3 is 2.18 bits per heavy atom. The van der Waals surface area contributed by atoms with Crippen molar-refractivity contribution in [2.45, 2.75) is 10.5 Å². The standard InChI is InChI=1S/C5H6O2S4/c6-11(7)1-3-4(2-11)10-5(8)9-3/h3-4H,1-2H2/t3-,4+. The maximum atomic E-state index is 11.1. The summed E-state index contributed by atoms with van der Waals surface area (Å²) in [6.45, 7) is 0. The third-order valence-electron chi connectivity index (χ3n) is 1.75. The molecule has 0 unspecified atom stereocenters. The van der Waals surface area contributed by atoms with Crippen molar-refractivity contribution >= 4 is 49.1 Å². The van der Waals surface area contributed by atoms with Gasteiger partial charge in [-0.1, -0.05) is 12.2 Å². The second-order valence-electron chi connectivity index (χ2n) is 2.64. The quantitative estimate of drug-likeness (QED) is 0.574. The van der Waals surface area contributed by atoms with Gasteiger partial charge in [0.25, 0.3) is 0 Å². The summed E-state index contributed by atoms with van der Waals surface area (Å²) in [5, 5.41) is 0.495. The van der Waals surface area contributed by atoms with Gasteiger partial charge in [-0.2, -0.15) is 0 Å². The Kier molecular flexibility index (Phi) is 1.98. The molecule has 2 atom stereocenters. The van der Waals surface area contributed by atoms with E-state index in [0.29, 0.717) is 11.5 Å². The van der Waals surface area contributed by atoms with E-state index in [1.54, 1.807) is 23.5 Å². The van der Waals surface area contributed by atoms with Gasteiger partial charge in [-0.25, -0.2) is 8.42 Å². The summed E-state index contributed by atoms with van der Waals surface area (Å²) in [6.07, 6.45) is 0. The van der Waals surface area contributed by atoms with Crippen molar-refractivity contribution in [3.8, 4) is 0 Å². The molecule has 0 bridgehead atoms. The van der Waals surface area contributed by atoms with Gasteiger partial charge in [0.05, 0.1) is 11.5 Å². The Morgan fingerprint density at radius 2 is 1.73 bits per heavy atom. The molecular formula is C5H6O2S4. The van der Waals surface area contributed by atoms with Crippen molar-refractivity contribution < 1.29 is 8.42 Å². The Morgan fingerprint density at radius 1 is 1.27 bits per heavy atom. The number of fused-ring (bicyclic) bond motifs is 1. The van der Waals surface area contributed by atoms with Crippen LogP contribution in [0.15, 0.2) is 0 Å². The summed E-state index contributed by atoms with van der Waals surface area (Å²) in [6, 6.07) is 0. The minimum absolute atomic E-state index is 0.248. The van der Waals surface area contributed by atoms with Crippen LogP contribution < -0.4 is 0 Å². The predicted molar refractivity (Wildman–Crippen MR) is 54.0 cm³/mol. The number of hydrogen-bond donors (Lipinski definition) is 0. The average Bonchev–Trinajstić information content (AvgIpc) is 2.17. The number of hydrogen-bond acceptors (Lipinski definition) is 5. The van der Waals surface area contributed by atoms with Crippen molar-refractivity contribution in [3.63, 3.8) is 0 Å². The van der Waals surface area contributed by atoms with Crippen LogP contribution in [0.3, 0.4) is 0 Å². The summed E-state index contributed by atoms with van der Waals surface area (Å²) in [5.74, 6) is 0.658. The minimum atomic E-state index is -2.73. The fraction of sp³-hybridized carbons (Fsp3) is 0.800. The molecule has 0 aromatic carbocycles. The van der Waals surface area contributed by atoms with E-state index in [4.69, 9.17) is 12.2 Å². The molecule has 0 saturated carbocycles. The van der Waals surface area contributed by atoms with Gasteiger partial charge in [-0.15, -0.1) is 23.5 Å². The first-order valence-corrected chi connectivity index (χ1v) is 7.13. The van der Waals surface area contributed by atoms with E-state index in [-0.39, 0.29) is 10.5 Å². The van der Waals surface area contributed by atoms with Gasteiger partial charge in [-0.05, 0) is 0 Å². The summed E-state index contributed by atoms with van der Waals surface area (Å²) < 4.78 is 23.1. The molecule has 0 amide bonds. The highest BCUT2D eigenvalue weighted by Gasteiger charge is 2.43. The van der Waals surface area contributed by atoms with Crippen molar-refractivity contribution in [1.29, 1.82) is 0 Å². The molecule has 2 heterocycles. The van der Waals surface area contributed by atoms with Gasteiger partial charge in [0.2, 0.25) is 0 Å². The Hall–Kier alpha value is 0.740. The maximum absolute atomic E-state index is 11.1. The van der Waals surface area contributed by atoms with Gasteiger partial charge in [0, 0.05) is 10.5 Å². The molecule has 2 fully saturated rings. The zero-order chi connectivity index (χ0) is 8.06. The highest BCUT2D eigenvalue weighted by molar-refractivity contribution is 8.50. The highest BCUT2D eigenvalue weighted by atomic mass is 32.2. The number of rotatable bonds is 0. The lowest BCUT2D eigenvalue weighted by atomic mass is 10.4. The number of sulfone groups is 1. The van der Waals surface area contributed by atoms with E-state index in [0.717, 1.165) is 3.53 Å². The van der Waals surface area contributed by atoms with Crippen molar-refractivity contribution in [2.24, 2.45) is 0 Å². The topological polar surface area (TPSA) is 34.1 Å². The Bertz CT molecular complexity index is 272. The van der Waals surface area contributed by atoms with E-state index >= 15 is 0 Å². The number of thiocarbonyl (C=S) groups is 1.